The monoisotopic (exact) mass is 349 g/mol. The Morgan fingerprint density at radius 2 is 1.96 bits per heavy atom. The van der Waals surface area contributed by atoms with Gasteiger partial charge in [0.25, 0.3) is 5.56 Å². The Labute approximate surface area is 152 Å². The summed E-state index contributed by atoms with van der Waals surface area (Å²) in [5.74, 6) is 0.573. The number of rotatable bonds is 6. The highest BCUT2D eigenvalue weighted by Crippen LogP contribution is 2.10. The summed E-state index contributed by atoms with van der Waals surface area (Å²) in [5.41, 5.74) is 2.83. The predicted molar refractivity (Wildman–Crippen MR) is 103 cm³/mol. The number of benzene rings is 2. The topological polar surface area (TPSA) is 66.1 Å². The van der Waals surface area contributed by atoms with Crippen LogP contribution in [0.25, 0.3) is 10.9 Å². The van der Waals surface area contributed by atoms with Crippen molar-refractivity contribution in [3.8, 4) is 0 Å². The number of H-pyrrole nitrogens is 1. The van der Waals surface area contributed by atoms with Gasteiger partial charge in [0.05, 0.1) is 17.4 Å². The smallest absolute Gasteiger partial charge is 0.258 e. The first-order valence-corrected chi connectivity index (χ1v) is 8.88. The highest BCUT2D eigenvalue weighted by atomic mass is 16.2. The summed E-state index contributed by atoms with van der Waals surface area (Å²) in [5, 5.41) is 0.560. The van der Waals surface area contributed by atoms with E-state index in [1.165, 1.54) is 5.56 Å². The molecule has 0 saturated heterocycles. The van der Waals surface area contributed by atoms with Crippen LogP contribution in [0.15, 0.2) is 53.3 Å². The number of hydrogen-bond acceptors (Lipinski definition) is 3. The van der Waals surface area contributed by atoms with E-state index in [0.29, 0.717) is 42.7 Å². The molecule has 0 unspecified atom stereocenters. The predicted octanol–water partition coefficient (Wildman–Crippen LogP) is 3.21. The first-order valence-electron chi connectivity index (χ1n) is 8.88. The van der Waals surface area contributed by atoms with Crippen LogP contribution >= 0.6 is 0 Å². The standard InChI is InChI=1S/C21H23N3O2/c1-3-24(20(25)12-11-16-8-6-7-15(2)13-16)14-19-22-18-10-5-4-9-17(18)21(26)23-19/h4-10,13H,3,11-12,14H2,1-2H3,(H,22,23,26). The van der Waals surface area contributed by atoms with Crippen LogP contribution in [0.4, 0.5) is 0 Å². The SMILES string of the molecule is CCN(Cc1nc2ccccc2c(=O)[nH]1)C(=O)CCc1cccc(C)c1. The van der Waals surface area contributed by atoms with Crippen molar-refractivity contribution in [2.75, 3.05) is 6.54 Å². The zero-order chi connectivity index (χ0) is 18.5. The van der Waals surface area contributed by atoms with Crippen molar-refractivity contribution >= 4 is 16.8 Å². The van der Waals surface area contributed by atoms with Gasteiger partial charge >= 0.3 is 0 Å². The van der Waals surface area contributed by atoms with Gasteiger partial charge in [0.1, 0.15) is 5.82 Å². The fourth-order valence-corrected chi connectivity index (χ4v) is 3.04. The molecule has 26 heavy (non-hydrogen) atoms. The lowest BCUT2D eigenvalue weighted by Gasteiger charge is -2.20. The molecular weight excluding hydrogens is 326 g/mol. The van der Waals surface area contributed by atoms with Crippen LogP contribution in [0.1, 0.15) is 30.3 Å². The van der Waals surface area contributed by atoms with Crippen LogP contribution in [-0.2, 0) is 17.8 Å². The van der Waals surface area contributed by atoms with E-state index in [9.17, 15) is 9.59 Å². The molecule has 5 heteroatoms. The largest absolute Gasteiger partial charge is 0.335 e. The average molecular weight is 349 g/mol. The zero-order valence-corrected chi connectivity index (χ0v) is 15.2. The third-order valence-corrected chi connectivity index (χ3v) is 4.45. The van der Waals surface area contributed by atoms with Crippen LogP contribution in [0.5, 0.6) is 0 Å². The van der Waals surface area contributed by atoms with Crippen LogP contribution in [-0.4, -0.2) is 27.3 Å². The van der Waals surface area contributed by atoms with Gasteiger partial charge in [-0.3, -0.25) is 9.59 Å². The van der Waals surface area contributed by atoms with Gasteiger partial charge in [-0.05, 0) is 38.0 Å². The molecule has 0 atom stereocenters. The molecule has 1 amide bonds. The minimum absolute atomic E-state index is 0.0600. The Morgan fingerprint density at radius 1 is 1.15 bits per heavy atom. The van der Waals surface area contributed by atoms with E-state index in [2.05, 4.69) is 16.0 Å². The van der Waals surface area contributed by atoms with Gasteiger partial charge < -0.3 is 9.88 Å². The first-order chi connectivity index (χ1) is 12.6. The summed E-state index contributed by atoms with van der Waals surface area (Å²) in [6.07, 6.45) is 1.15. The molecule has 0 aliphatic heterocycles. The molecule has 1 N–H and O–H groups in total. The molecule has 0 fully saturated rings. The van der Waals surface area contributed by atoms with E-state index in [-0.39, 0.29) is 11.5 Å². The fraction of sp³-hybridized carbons (Fsp3) is 0.286. The van der Waals surface area contributed by atoms with Gasteiger partial charge in [0.2, 0.25) is 5.91 Å². The zero-order valence-electron chi connectivity index (χ0n) is 15.2. The molecule has 1 aromatic heterocycles. The highest BCUT2D eigenvalue weighted by molar-refractivity contribution is 5.78. The number of para-hydroxylation sites is 1. The molecular formula is C21H23N3O2. The lowest BCUT2D eigenvalue weighted by atomic mass is 10.1. The molecule has 0 saturated carbocycles. The van der Waals surface area contributed by atoms with Crippen molar-refractivity contribution in [1.82, 2.24) is 14.9 Å². The maximum absolute atomic E-state index is 12.6. The van der Waals surface area contributed by atoms with Crippen molar-refractivity contribution in [3.63, 3.8) is 0 Å². The lowest BCUT2D eigenvalue weighted by molar-refractivity contribution is -0.131. The normalized spacial score (nSPS) is 10.8. The van der Waals surface area contributed by atoms with Crippen LogP contribution in [0, 0.1) is 6.92 Å². The quantitative estimate of drug-likeness (QED) is 0.743. The Hall–Kier alpha value is -2.95. The van der Waals surface area contributed by atoms with E-state index in [0.717, 1.165) is 5.56 Å². The summed E-state index contributed by atoms with van der Waals surface area (Å²) >= 11 is 0. The summed E-state index contributed by atoms with van der Waals surface area (Å²) in [6, 6.07) is 15.4. The minimum atomic E-state index is -0.172. The number of nitrogens with one attached hydrogen (secondary N) is 1. The Bertz CT molecular complexity index is 978. The molecule has 0 aliphatic carbocycles. The summed E-state index contributed by atoms with van der Waals surface area (Å²) in [6.45, 7) is 4.86. The van der Waals surface area contributed by atoms with Crippen molar-refractivity contribution in [1.29, 1.82) is 0 Å². The molecule has 3 aromatic rings. The fourth-order valence-electron chi connectivity index (χ4n) is 3.04. The second-order valence-electron chi connectivity index (χ2n) is 6.43. The van der Waals surface area contributed by atoms with Crippen LogP contribution in [0.2, 0.25) is 0 Å². The van der Waals surface area contributed by atoms with Gasteiger partial charge in [0.15, 0.2) is 0 Å². The summed E-state index contributed by atoms with van der Waals surface area (Å²) in [7, 11) is 0. The van der Waals surface area contributed by atoms with E-state index < -0.39 is 0 Å². The third-order valence-electron chi connectivity index (χ3n) is 4.45. The number of aryl methyl sites for hydroxylation is 2. The minimum Gasteiger partial charge on any atom is -0.335 e. The summed E-state index contributed by atoms with van der Waals surface area (Å²) in [4.78, 5) is 33.8. The number of hydrogen-bond donors (Lipinski definition) is 1. The Morgan fingerprint density at radius 3 is 2.73 bits per heavy atom. The third kappa shape index (κ3) is 4.17. The molecule has 0 radical (unpaired) electrons. The number of carbonyl (C=O) groups is 1. The Kier molecular flexibility index (Phi) is 5.46. The van der Waals surface area contributed by atoms with E-state index in [4.69, 9.17) is 0 Å². The summed E-state index contributed by atoms with van der Waals surface area (Å²) < 4.78 is 0. The van der Waals surface area contributed by atoms with Gasteiger partial charge in [-0.15, -0.1) is 0 Å². The lowest BCUT2D eigenvalue weighted by Crippen LogP contribution is -2.32. The van der Waals surface area contributed by atoms with Gasteiger partial charge in [-0.1, -0.05) is 42.0 Å². The molecule has 134 valence electrons. The maximum atomic E-state index is 12.6. The number of aromatic amines is 1. The van der Waals surface area contributed by atoms with E-state index >= 15 is 0 Å². The van der Waals surface area contributed by atoms with Gasteiger partial charge in [-0.2, -0.15) is 0 Å². The Balaban J connectivity index is 1.70. The number of fused-ring (bicyclic) bond motifs is 1. The molecule has 3 rings (SSSR count). The van der Waals surface area contributed by atoms with Crippen molar-refractivity contribution in [2.45, 2.75) is 33.2 Å². The van der Waals surface area contributed by atoms with E-state index in [1.807, 2.05) is 50.2 Å². The second kappa shape index (κ2) is 7.95. The van der Waals surface area contributed by atoms with Crippen molar-refractivity contribution in [2.24, 2.45) is 0 Å². The molecule has 0 bridgehead atoms. The number of nitrogens with zero attached hydrogens (tertiary/aromatic N) is 2. The first kappa shape index (κ1) is 17.9. The van der Waals surface area contributed by atoms with Crippen molar-refractivity contribution in [3.05, 3.63) is 75.8 Å². The molecule has 2 aromatic carbocycles. The second-order valence-corrected chi connectivity index (χ2v) is 6.43. The van der Waals surface area contributed by atoms with Crippen LogP contribution < -0.4 is 5.56 Å². The van der Waals surface area contributed by atoms with Crippen molar-refractivity contribution < 1.29 is 4.79 Å². The average Bonchev–Trinajstić information content (AvgIpc) is 2.64. The van der Waals surface area contributed by atoms with Gasteiger partial charge in [-0.25, -0.2) is 4.98 Å². The van der Waals surface area contributed by atoms with Gasteiger partial charge in [0, 0.05) is 13.0 Å². The maximum Gasteiger partial charge on any atom is 0.258 e. The molecule has 1 heterocycles. The highest BCUT2D eigenvalue weighted by Gasteiger charge is 2.14. The molecule has 5 nitrogen and oxygen atoms in total. The number of aromatic nitrogens is 2. The number of amides is 1. The number of carbonyl (C=O) groups excluding carboxylic acids is 1. The van der Waals surface area contributed by atoms with E-state index in [1.54, 1.807) is 11.0 Å². The van der Waals surface area contributed by atoms with Crippen LogP contribution in [0.3, 0.4) is 0 Å². The molecule has 0 aliphatic rings. The molecule has 0 spiro atoms.